The molecule has 0 aromatic carbocycles. The van der Waals surface area contributed by atoms with Crippen molar-refractivity contribution >= 4 is 34.4 Å². The summed E-state index contributed by atoms with van der Waals surface area (Å²) < 4.78 is 0. The molecule has 0 saturated heterocycles. The molecule has 0 radical (unpaired) electrons. The van der Waals surface area contributed by atoms with Crippen molar-refractivity contribution in [1.29, 1.82) is 0 Å². The lowest BCUT2D eigenvalue weighted by Crippen LogP contribution is -2.45. The summed E-state index contributed by atoms with van der Waals surface area (Å²) in [6.07, 6.45) is 0.248. The molecule has 116 valence electrons. The third kappa shape index (κ3) is 6.17. The van der Waals surface area contributed by atoms with Crippen LogP contribution in [0.3, 0.4) is 0 Å². The van der Waals surface area contributed by atoms with Gasteiger partial charge in [-0.3, -0.25) is 10.1 Å². The average Bonchev–Trinajstić information content (AvgIpc) is 2.73. The number of aromatic nitrogens is 2. The molecule has 1 rings (SSSR count). The van der Waals surface area contributed by atoms with Crippen molar-refractivity contribution in [2.75, 3.05) is 5.32 Å². The standard InChI is InChI=1S/C11H17N5O4S/c1-5(2)3-8-15-16-11(21-8)14-10(20)13-6(9(18)19)4-7(12)17/h5-6H,3-4H2,1-2H3,(H2,12,17)(H,18,19)(H2,13,14,16,20)/t6-/m1/s1. The third-order valence-corrected chi connectivity index (χ3v) is 3.14. The molecule has 0 spiro atoms. The molecule has 0 aliphatic carbocycles. The minimum Gasteiger partial charge on any atom is -0.480 e. The van der Waals surface area contributed by atoms with Crippen molar-refractivity contribution in [3.05, 3.63) is 5.01 Å². The molecule has 0 aliphatic rings. The Morgan fingerprint density at radius 2 is 2.00 bits per heavy atom. The predicted molar refractivity (Wildman–Crippen MR) is 75.8 cm³/mol. The second-order valence-electron chi connectivity index (χ2n) is 4.76. The first-order valence-electron chi connectivity index (χ1n) is 6.19. The van der Waals surface area contributed by atoms with E-state index in [0.29, 0.717) is 5.92 Å². The summed E-state index contributed by atoms with van der Waals surface area (Å²) in [4.78, 5) is 33.2. The largest absolute Gasteiger partial charge is 0.480 e. The smallest absolute Gasteiger partial charge is 0.326 e. The summed E-state index contributed by atoms with van der Waals surface area (Å²) in [5.41, 5.74) is 4.91. The van der Waals surface area contributed by atoms with Crippen LogP contribution in [0.5, 0.6) is 0 Å². The first-order chi connectivity index (χ1) is 9.77. The van der Waals surface area contributed by atoms with Crippen LogP contribution in [0.4, 0.5) is 9.93 Å². The lowest BCUT2D eigenvalue weighted by atomic mass is 10.1. The van der Waals surface area contributed by atoms with Gasteiger partial charge >= 0.3 is 12.0 Å². The Morgan fingerprint density at radius 3 is 2.52 bits per heavy atom. The fourth-order valence-electron chi connectivity index (χ4n) is 1.43. The Morgan fingerprint density at radius 1 is 1.33 bits per heavy atom. The van der Waals surface area contributed by atoms with Gasteiger partial charge in [-0.25, -0.2) is 9.59 Å². The monoisotopic (exact) mass is 315 g/mol. The minimum absolute atomic E-state index is 0.256. The molecular formula is C11H17N5O4S. The number of carboxylic acid groups (broad SMARTS) is 1. The van der Waals surface area contributed by atoms with E-state index in [4.69, 9.17) is 10.8 Å². The van der Waals surface area contributed by atoms with E-state index in [0.717, 1.165) is 11.4 Å². The summed E-state index contributed by atoms with van der Waals surface area (Å²) in [6, 6.07) is -2.17. The summed E-state index contributed by atoms with van der Waals surface area (Å²) in [6.45, 7) is 4.06. The van der Waals surface area contributed by atoms with Crippen LogP contribution in [-0.4, -0.2) is 39.3 Å². The summed E-state index contributed by atoms with van der Waals surface area (Å²) >= 11 is 1.21. The topological polar surface area (TPSA) is 147 Å². The van der Waals surface area contributed by atoms with Gasteiger partial charge in [0.15, 0.2) is 0 Å². The molecule has 0 aliphatic heterocycles. The highest BCUT2D eigenvalue weighted by Crippen LogP contribution is 2.18. The molecule has 1 atom stereocenters. The highest BCUT2D eigenvalue weighted by atomic mass is 32.1. The molecule has 0 unspecified atom stereocenters. The fourth-order valence-corrected chi connectivity index (χ4v) is 2.38. The van der Waals surface area contributed by atoms with Crippen LogP contribution in [0.25, 0.3) is 0 Å². The lowest BCUT2D eigenvalue weighted by molar-refractivity contribution is -0.140. The Balaban J connectivity index is 2.57. The van der Waals surface area contributed by atoms with E-state index in [1.807, 2.05) is 13.8 Å². The molecule has 5 N–H and O–H groups in total. The number of aliphatic carboxylic acids is 1. The number of anilines is 1. The van der Waals surface area contributed by atoms with Crippen molar-refractivity contribution in [2.24, 2.45) is 11.7 Å². The Hall–Kier alpha value is -2.23. The highest BCUT2D eigenvalue weighted by Gasteiger charge is 2.22. The van der Waals surface area contributed by atoms with Gasteiger partial charge in [0.25, 0.3) is 0 Å². The maximum Gasteiger partial charge on any atom is 0.326 e. The van der Waals surface area contributed by atoms with Gasteiger partial charge in [-0.1, -0.05) is 25.2 Å². The predicted octanol–water partition coefficient (Wildman–Crippen LogP) is 0.187. The number of hydrogen-bond donors (Lipinski definition) is 4. The Bertz CT molecular complexity index is 530. The number of urea groups is 1. The second-order valence-corrected chi connectivity index (χ2v) is 5.82. The van der Waals surface area contributed by atoms with Gasteiger partial charge in [-0.2, -0.15) is 0 Å². The molecule has 10 heteroatoms. The van der Waals surface area contributed by atoms with Crippen LogP contribution in [0.2, 0.25) is 0 Å². The van der Waals surface area contributed by atoms with E-state index in [9.17, 15) is 14.4 Å². The van der Waals surface area contributed by atoms with E-state index >= 15 is 0 Å². The highest BCUT2D eigenvalue weighted by molar-refractivity contribution is 7.15. The molecule has 0 saturated carbocycles. The zero-order valence-corrected chi connectivity index (χ0v) is 12.4. The molecule has 0 fully saturated rings. The molecular weight excluding hydrogens is 298 g/mol. The quantitative estimate of drug-likeness (QED) is 0.564. The van der Waals surface area contributed by atoms with Gasteiger partial charge in [0.1, 0.15) is 11.0 Å². The second kappa shape index (κ2) is 7.53. The number of carboxylic acids is 1. The van der Waals surface area contributed by atoms with Crippen molar-refractivity contribution in [2.45, 2.75) is 32.7 Å². The maximum absolute atomic E-state index is 11.6. The van der Waals surface area contributed by atoms with Crippen LogP contribution >= 0.6 is 11.3 Å². The Labute approximate surface area is 124 Å². The number of carbonyl (C=O) groups is 3. The van der Waals surface area contributed by atoms with E-state index < -0.39 is 30.4 Å². The fraction of sp³-hybridized carbons (Fsp3) is 0.545. The van der Waals surface area contributed by atoms with E-state index in [1.54, 1.807) is 0 Å². The first kappa shape index (κ1) is 16.8. The van der Waals surface area contributed by atoms with Crippen LogP contribution in [0.1, 0.15) is 25.3 Å². The van der Waals surface area contributed by atoms with Gasteiger partial charge < -0.3 is 16.2 Å². The van der Waals surface area contributed by atoms with Gasteiger partial charge in [0.05, 0.1) is 6.42 Å². The number of nitrogens with zero attached hydrogens (tertiary/aromatic N) is 2. The number of rotatable bonds is 7. The van der Waals surface area contributed by atoms with E-state index in [-0.39, 0.29) is 5.13 Å². The van der Waals surface area contributed by atoms with Crippen LogP contribution in [0.15, 0.2) is 0 Å². The van der Waals surface area contributed by atoms with Gasteiger partial charge in [-0.15, -0.1) is 10.2 Å². The van der Waals surface area contributed by atoms with Crippen LogP contribution < -0.4 is 16.4 Å². The van der Waals surface area contributed by atoms with E-state index in [1.165, 1.54) is 11.3 Å². The maximum atomic E-state index is 11.6. The molecule has 1 heterocycles. The van der Waals surface area contributed by atoms with Crippen LogP contribution in [-0.2, 0) is 16.0 Å². The van der Waals surface area contributed by atoms with E-state index in [2.05, 4.69) is 20.8 Å². The van der Waals surface area contributed by atoms with Crippen LogP contribution in [0, 0.1) is 5.92 Å². The zero-order chi connectivity index (χ0) is 16.0. The Kier molecular flexibility index (Phi) is 6.03. The average molecular weight is 315 g/mol. The van der Waals surface area contributed by atoms with Crippen molar-refractivity contribution in [3.8, 4) is 0 Å². The minimum atomic E-state index is -1.38. The molecule has 9 nitrogen and oxygen atoms in total. The number of primary amides is 1. The van der Waals surface area contributed by atoms with Crippen molar-refractivity contribution in [1.82, 2.24) is 15.5 Å². The van der Waals surface area contributed by atoms with Gasteiger partial charge in [0.2, 0.25) is 11.0 Å². The molecule has 3 amide bonds. The molecule has 1 aromatic heterocycles. The number of hydrogen-bond acceptors (Lipinski definition) is 6. The molecule has 1 aromatic rings. The number of nitrogens with one attached hydrogen (secondary N) is 2. The van der Waals surface area contributed by atoms with Gasteiger partial charge in [-0.05, 0) is 5.92 Å². The zero-order valence-electron chi connectivity index (χ0n) is 11.6. The summed E-state index contributed by atoms with van der Waals surface area (Å²) in [7, 11) is 0. The molecule has 0 bridgehead atoms. The summed E-state index contributed by atoms with van der Waals surface area (Å²) in [5.74, 6) is -1.76. The SMILES string of the molecule is CC(C)Cc1nnc(NC(=O)N[C@H](CC(N)=O)C(=O)O)s1. The number of amides is 3. The van der Waals surface area contributed by atoms with Gasteiger partial charge in [0, 0.05) is 6.42 Å². The lowest BCUT2D eigenvalue weighted by Gasteiger charge is -2.12. The van der Waals surface area contributed by atoms with Crippen molar-refractivity contribution < 1.29 is 19.5 Å². The third-order valence-electron chi connectivity index (χ3n) is 2.28. The number of nitrogens with two attached hydrogens (primary N) is 1. The first-order valence-corrected chi connectivity index (χ1v) is 7.00. The number of carbonyl (C=O) groups excluding carboxylic acids is 2. The summed E-state index contributed by atoms with van der Waals surface area (Å²) in [5, 5.41) is 22.1. The normalized spacial score (nSPS) is 12.0. The van der Waals surface area contributed by atoms with Crippen molar-refractivity contribution in [3.63, 3.8) is 0 Å². The molecule has 21 heavy (non-hydrogen) atoms.